The molecule has 0 saturated carbocycles. The molecule has 41 heavy (non-hydrogen) atoms. The SMILES string of the molecule is C/C=C(\C[C@H]1CC2=C(C[C@H](C)C(C(O)OCC)=C2c2ccccc2)[C@@H](c2ccccc2)CC1=O)c1ccc(O)cc1. The van der Waals surface area contributed by atoms with Crippen LogP contribution in [-0.2, 0) is 9.53 Å². The molecule has 0 amide bonds. The first-order valence-corrected chi connectivity index (χ1v) is 14.7. The lowest BCUT2D eigenvalue weighted by molar-refractivity contribution is -0.122. The van der Waals surface area contributed by atoms with Gasteiger partial charge in [-0.1, -0.05) is 91.4 Å². The Hall–Kier alpha value is -3.73. The van der Waals surface area contributed by atoms with E-state index in [4.69, 9.17) is 4.74 Å². The summed E-state index contributed by atoms with van der Waals surface area (Å²) < 4.78 is 5.80. The number of phenols is 1. The molecule has 0 heterocycles. The number of benzene rings is 3. The number of allylic oxidation sites excluding steroid dienone is 5. The third kappa shape index (κ3) is 6.14. The maximum Gasteiger partial charge on any atom is 0.178 e. The van der Waals surface area contributed by atoms with Crippen molar-refractivity contribution in [3.63, 3.8) is 0 Å². The van der Waals surface area contributed by atoms with Crippen LogP contribution in [0.1, 0.15) is 69.1 Å². The number of rotatable bonds is 8. The van der Waals surface area contributed by atoms with Crippen LogP contribution in [-0.4, -0.2) is 28.9 Å². The minimum absolute atomic E-state index is 0.0154. The molecule has 2 aliphatic rings. The fraction of sp³-hybridized carbons (Fsp3) is 0.324. The van der Waals surface area contributed by atoms with Crippen LogP contribution in [0.2, 0.25) is 0 Å². The molecule has 1 unspecified atom stereocenters. The Bertz CT molecular complexity index is 1450. The van der Waals surface area contributed by atoms with Gasteiger partial charge in [0, 0.05) is 24.9 Å². The first-order chi connectivity index (χ1) is 19.9. The number of carbonyl (C=O) groups is 1. The topological polar surface area (TPSA) is 66.8 Å². The van der Waals surface area contributed by atoms with E-state index in [9.17, 15) is 15.0 Å². The molecule has 2 N–H and O–H groups in total. The van der Waals surface area contributed by atoms with Crippen molar-refractivity contribution >= 4 is 16.9 Å². The normalized spacial score (nSPS) is 22.4. The smallest absolute Gasteiger partial charge is 0.178 e. The van der Waals surface area contributed by atoms with E-state index in [0.717, 1.165) is 39.8 Å². The van der Waals surface area contributed by atoms with Crippen LogP contribution in [0.25, 0.3) is 11.1 Å². The van der Waals surface area contributed by atoms with Crippen molar-refractivity contribution in [2.75, 3.05) is 6.61 Å². The zero-order chi connectivity index (χ0) is 28.9. The van der Waals surface area contributed by atoms with E-state index in [0.29, 0.717) is 25.9 Å². The molecule has 3 aromatic rings. The summed E-state index contributed by atoms with van der Waals surface area (Å²) >= 11 is 0. The number of ketones is 1. The molecule has 4 atom stereocenters. The van der Waals surface area contributed by atoms with E-state index >= 15 is 0 Å². The van der Waals surface area contributed by atoms with Gasteiger partial charge in [0.05, 0.1) is 0 Å². The molecule has 0 spiro atoms. The summed E-state index contributed by atoms with van der Waals surface area (Å²) in [6.45, 7) is 6.49. The van der Waals surface area contributed by atoms with Crippen molar-refractivity contribution < 1.29 is 19.7 Å². The number of hydrogen-bond acceptors (Lipinski definition) is 4. The van der Waals surface area contributed by atoms with E-state index in [1.807, 2.05) is 50.2 Å². The highest BCUT2D eigenvalue weighted by molar-refractivity contribution is 5.91. The number of aromatic hydroxyl groups is 1. The Morgan fingerprint density at radius 3 is 2.24 bits per heavy atom. The standard InChI is InChI=1S/C37H40O4/c1-4-25(26-16-18-30(38)19-17-26)21-29-22-33-32(31(23-34(29)39)27-12-8-6-9-13-27)20-24(3)35(37(40)41-5-2)36(33)28-14-10-7-11-15-28/h4,6-19,24,29,31,37-38,40H,5,20-23H2,1-3H3/b25-4+/t24-,29-,31+,37?/m0/s1. The number of aliphatic hydroxyl groups excluding tert-OH is 1. The fourth-order valence-electron chi connectivity index (χ4n) is 6.68. The van der Waals surface area contributed by atoms with Crippen LogP contribution >= 0.6 is 0 Å². The lowest BCUT2D eigenvalue weighted by Crippen LogP contribution is -2.26. The van der Waals surface area contributed by atoms with E-state index in [2.05, 4.69) is 49.4 Å². The third-order valence-corrected chi connectivity index (χ3v) is 8.67. The molecule has 0 radical (unpaired) electrons. The van der Waals surface area contributed by atoms with Crippen molar-refractivity contribution in [2.45, 2.75) is 58.7 Å². The van der Waals surface area contributed by atoms with Gasteiger partial charge in [-0.3, -0.25) is 4.79 Å². The van der Waals surface area contributed by atoms with Gasteiger partial charge in [-0.25, -0.2) is 0 Å². The second-order valence-corrected chi connectivity index (χ2v) is 11.2. The Kier molecular flexibility index (Phi) is 9.02. The highest BCUT2D eigenvalue weighted by Crippen LogP contribution is 2.51. The van der Waals surface area contributed by atoms with Crippen LogP contribution in [0.4, 0.5) is 0 Å². The second kappa shape index (κ2) is 12.8. The van der Waals surface area contributed by atoms with Crippen LogP contribution in [0.3, 0.4) is 0 Å². The van der Waals surface area contributed by atoms with E-state index in [1.54, 1.807) is 12.1 Å². The molecule has 0 saturated heterocycles. The van der Waals surface area contributed by atoms with Crippen molar-refractivity contribution in [2.24, 2.45) is 11.8 Å². The summed E-state index contributed by atoms with van der Waals surface area (Å²) in [5, 5.41) is 21.1. The summed E-state index contributed by atoms with van der Waals surface area (Å²) in [7, 11) is 0. The van der Waals surface area contributed by atoms with E-state index in [1.165, 1.54) is 11.1 Å². The number of aliphatic hydroxyl groups is 1. The predicted octanol–water partition coefficient (Wildman–Crippen LogP) is 8.09. The Balaban J connectivity index is 1.67. The lowest BCUT2D eigenvalue weighted by atomic mass is 9.71. The van der Waals surface area contributed by atoms with E-state index < -0.39 is 6.29 Å². The van der Waals surface area contributed by atoms with Gasteiger partial charge in [-0.2, -0.15) is 0 Å². The average Bonchev–Trinajstić information content (AvgIpc) is 3.12. The Morgan fingerprint density at radius 2 is 1.61 bits per heavy atom. The number of carbonyl (C=O) groups excluding carboxylic acids is 1. The third-order valence-electron chi connectivity index (χ3n) is 8.67. The molecular weight excluding hydrogens is 508 g/mol. The first kappa shape index (κ1) is 28.8. The largest absolute Gasteiger partial charge is 0.508 e. The summed E-state index contributed by atoms with van der Waals surface area (Å²) in [5.41, 5.74) is 8.73. The summed E-state index contributed by atoms with van der Waals surface area (Å²) in [6, 6.07) is 27.9. The van der Waals surface area contributed by atoms with Gasteiger partial charge in [0.15, 0.2) is 6.29 Å². The Labute approximate surface area is 243 Å². The van der Waals surface area contributed by atoms with Crippen LogP contribution < -0.4 is 0 Å². The van der Waals surface area contributed by atoms with Gasteiger partial charge < -0.3 is 14.9 Å². The molecule has 0 fully saturated rings. The fourth-order valence-corrected chi connectivity index (χ4v) is 6.68. The minimum Gasteiger partial charge on any atom is -0.508 e. The number of Topliss-reactive ketones (excluding diaryl/α,β-unsaturated/α-hetero) is 1. The van der Waals surface area contributed by atoms with Gasteiger partial charge in [-0.15, -0.1) is 0 Å². The van der Waals surface area contributed by atoms with Crippen molar-refractivity contribution in [1.29, 1.82) is 0 Å². The van der Waals surface area contributed by atoms with Gasteiger partial charge in [0.25, 0.3) is 0 Å². The summed E-state index contributed by atoms with van der Waals surface area (Å²) in [4.78, 5) is 14.1. The van der Waals surface area contributed by atoms with Crippen molar-refractivity contribution in [3.8, 4) is 5.75 Å². The number of hydrogen-bond donors (Lipinski definition) is 2. The number of phenolic OH excluding ortho intramolecular Hbond substituents is 1. The quantitative estimate of drug-likeness (QED) is 0.279. The van der Waals surface area contributed by atoms with Crippen LogP contribution in [0, 0.1) is 11.8 Å². The maximum absolute atomic E-state index is 14.1. The molecule has 2 aliphatic carbocycles. The average molecular weight is 549 g/mol. The van der Waals surface area contributed by atoms with E-state index in [-0.39, 0.29) is 29.3 Å². The van der Waals surface area contributed by atoms with Gasteiger partial charge in [0.1, 0.15) is 11.5 Å². The summed E-state index contributed by atoms with van der Waals surface area (Å²) in [6.07, 6.45) is 3.52. The highest BCUT2D eigenvalue weighted by atomic mass is 16.6. The molecule has 4 heteroatoms. The van der Waals surface area contributed by atoms with Gasteiger partial charge in [-0.05, 0) is 90.1 Å². The maximum atomic E-state index is 14.1. The van der Waals surface area contributed by atoms with Crippen molar-refractivity contribution in [3.05, 3.63) is 124 Å². The lowest BCUT2D eigenvalue weighted by Gasteiger charge is -2.35. The van der Waals surface area contributed by atoms with Gasteiger partial charge >= 0.3 is 0 Å². The number of ether oxygens (including phenoxy) is 1. The second-order valence-electron chi connectivity index (χ2n) is 11.2. The zero-order valence-corrected chi connectivity index (χ0v) is 24.2. The molecule has 5 rings (SSSR count). The molecule has 0 aliphatic heterocycles. The van der Waals surface area contributed by atoms with Crippen LogP contribution in [0.5, 0.6) is 5.75 Å². The highest BCUT2D eigenvalue weighted by Gasteiger charge is 2.39. The molecule has 3 aromatic carbocycles. The monoisotopic (exact) mass is 548 g/mol. The van der Waals surface area contributed by atoms with Gasteiger partial charge in [0.2, 0.25) is 0 Å². The van der Waals surface area contributed by atoms with Crippen molar-refractivity contribution in [1.82, 2.24) is 0 Å². The summed E-state index contributed by atoms with van der Waals surface area (Å²) in [5.74, 6) is 0.319. The minimum atomic E-state index is -1.00. The molecule has 4 nitrogen and oxygen atoms in total. The predicted molar refractivity (Wildman–Crippen MR) is 165 cm³/mol. The van der Waals surface area contributed by atoms with Crippen LogP contribution in [0.15, 0.2) is 108 Å². The first-order valence-electron chi connectivity index (χ1n) is 14.7. The zero-order valence-electron chi connectivity index (χ0n) is 24.2. The molecular formula is C37H40O4. The molecule has 0 bridgehead atoms. The Morgan fingerprint density at radius 1 is 0.951 bits per heavy atom. The molecule has 212 valence electrons. The molecule has 0 aromatic heterocycles.